The zero-order chi connectivity index (χ0) is 13.1. The van der Waals surface area contributed by atoms with Crippen LogP contribution < -0.4 is 5.32 Å². The first-order chi connectivity index (χ1) is 8.59. The van der Waals surface area contributed by atoms with Crippen LogP contribution in [-0.2, 0) is 4.79 Å². The Kier molecular flexibility index (Phi) is 4.66. The molecule has 0 aromatic heterocycles. The second-order valence-corrected chi connectivity index (χ2v) is 6.43. The largest absolute Gasteiger partial charge is 0.337 e. The van der Waals surface area contributed by atoms with Crippen LogP contribution in [0.5, 0.6) is 0 Å². The van der Waals surface area contributed by atoms with E-state index in [0.29, 0.717) is 29.8 Å². The third-order valence-corrected chi connectivity index (χ3v) is 4.64. The highest BCUT2D eigenvalue weighted by Gasteiger charge is 2.33. The summed E-state index contributed by atoms with van der Waals surface area (Å²) < 4.78 is 0. The standard InChI is InChI=1S/C15H28N2O/c1-11(2)14-10-17(12(3)9-16-14)15(18)13-7-5-4-6-8-13/h11-14,16H,4-10H2,1-3H3. The summed E-state index contributed by atoms with van der Waals surface area (Å²) in [5, 5.41) is 3.56. The molecule has 3 nitrogen and oxygen atoms in total. The first-order valence-corrected chi connectivity index (χ1v) is 7.63. The van der Waals surface area contributed by atoms with Crippen molar-refractivity contribution in [2.45, 2.75) is 65.0 Å². The number of nitrogens with zero attached hydrogens (tertiary/aromatic N) is 1. The van der Waals surface area contributed by atoms with Crippen molar-refractivity contribution in [1.82, 2.24) is 10.2 Å². The molecule has 1 heterocycles. The third-order valence-electron chi connectivity index (χ3n) is 4.64. The summed E-state index contributed by atoms with van der Waals surface area (Å²) in [4.78, 5) is 14.8. The van der Waals surface area contributed by atoms with Crippen LogP contribution in [0.25, 0.3) is 0 Å². The van der Waals surface area contributed by atoms with Gasteiger partial charge in [0, 0.05) is 31.1 Å². The number of amides is 1. The molecule has 0 spiro atoms. The van der Waals surface area contributed by atoms with Gasteiger partial charge < -0.3 is 10.2 Å². The molecule has 1 amide bonds. The smallest absolute Gasteiger partial charge is 0.226 e. The number of rotatable bonds is 2. The Bertz CT molecular complexity index is 284. The maximum atomic E-state index is 12.6. The first kappa shape index (κ1) is 13.9. The highest BCUT2D eigenvalue weighted by molar-refractivity contribution is 5.79. The lowest BCUT2D eigenvalue weighted by molar-refractivity contribution is -0.140. The highest BCUT2D eigenvalue weighted by Crippen LogP contribution is 2.27. The van der Waals surface area contributed by atoms with E-state index >= 15 is 0 Å². The predicted octanol–water partition coefficient (Wildman–Crippen LogP) is 2.41. The van der Waals surface area contributed by atoms with E-state index in [1.54, 1.807) is 0 Å². The number of nitrogens with one attached hydrogen (secondary N) is 1. The monoisotopic (exact) mass is 252 g/mol. The molecule has 2 unspecified atom stereocenters. The highest BCUT2D eigenvalue weighted by atomic mass is 16.2. The summed E-state index contributed by atoms with van der Waals surface area (Å²) in [6.07, 6.45) is 6.02. The molecular formula is C15H28N2O. The van der Waals surface area contributed by atoms with E-state index in [-0.39, 0.29) is 0 Å². The Labute approximate surface area is 111 Å². The van der Waals surface area contributed by atoms with Gasteiger partial charge in [0.15, 0.2) is 0 Å². The fourth-order valence-electron chi connectivity index (χ4n) is 3.23. The average molecular weight is 252 g/mol. The zero-order valence-electron chi connectivity index (χ0n) is 12.1. The van der Waals surface area contributed by atoms with Gasteiger partial charge >= 0.3 is 0 Å². The van der Waals surface area contributed by atoms with Crippen LogP contribution in [0.1, 0.15) is 52.9 Å². The molecule has 18 heavy (non-hydrogen) atoms. The van der Waals surface area contributed by atoms with Gasteiger partial charge in [-0.15, -0.1) is 0 Å². The van der Waals surface area contributed by atoms with Crippen molar-refractivity contribution in [2.75, 3.05) is 13.1 Å². The number of hydrogen-bond donors (Lipinski definition) is 1. The Morgan fingerprint density at radius 3 is 2.50 bits per heavy atom. The van der Waals surface area contributed by atoms with Crippen molar-refractivity contribution in [3.63, 3.8) is 0 Å². The summed E-state index contributed by atoms with van der Waals surface area (Å²) in [5.74, 6) is 1.33. The summed E-state index contributed by atoms with van der Waals surface area (Å²) >= 11 is 0. The van der Waals surface area contributed by atoms with Crippen molar-refractivity contribution in [3.8, 4) is 0 Å². The average Bonchev–Trinajstić information content (AvgIpc) is 2.39. The van der Waals surface area contributed by atoms with Crippen molar-refractivity contribution < 1.29 is 4.79 Å². The molecule has 0 aromatic rings. The van der Waals surface area contributed by atoms with Gasteiger partial charge in [-0.25, -0.2) is 0 Å². The van der Waals surface area contributed by atoms with E-state index in [1.165, 1.54) is 19.3 Å². The van der Waals surface area contributed by atoms with Gasteiger partial charge in [0.2, 0.25) is 5.91 Å². The van der Waals surface area contributed by atoms with Gasteiger partial charge in [-0.3, -0.25) is 4.79 Å². The Hall–Kier alpha value is -0.570. The summed E-state index contributed by atoms with van der Waals surface area (Å²) in [6, 6.07) is 0.822. The fourth-order valence-corrected chi connectivity index (χ4v) is 3.23. The minimum Gasteiger partial charge on any atom is -0.337 e. The molecule has 104 valence electrons. The molecule has 2 fully saturated rings. The van der Waals surface area contributed by atoms with Crippen LogP contribution >= 0.6 is 0 Å². The van der Waals surface area contributed by atoms with Crippen LogP contribution in [0.15, 0.2) is 0 Å². The van der Waals surface area contributed by atoms with Gasteiger partial charge in [-0.2, -0.15) is 0 Å². The molecular weight excluding hydrogens is 224 g/mol. The van der Waals surface area contributed by atoms with Crippen LogP contribution in [0, 0.1) is 11.8 Å². The minimum atomic E-state index is 0.312. The van der Waals surface area contributed by atoms with Crippen LogP contribution in [0.4, 0.5) is 0 Å². The lowest BCUT2D eigenvalue weighted by Crippen LogP contribution is -2.59. The van der Waals surface area contributed by atoms with E-state index in [2.05, 4.69) is 31.0 Å². The molecule has 1 aliphatic heterocycles. The lowest BCUT2D eigenvalue weighted by Gasteiger charge is -2.42. The van der Waals surface area contributed by atoms with Gasteiger partial charge in [-0.1, -0.05) is 33.1 Å². The molecule has 0 bridgehead atoms. The fraction of sp³-hybridized carbons (Fsp3) is 0.933. The lowest BCUT2D eigenvalue weighted by atomic mass is 9.87. The Morgan fingerprint density at radius 1 is 1.22 bits per heavy atom. The van der Waals surface area contributed by atoms with Crippen LogP contribution in [0.2, 0.25) is 0 Å². The zero-order valence-corrected chi connectivity index (χ0v) is 12.1. The molecule has 1 saturated heterocycles. The van der Waals surface area contributed by atoms with Crippen molar-refractivity contribution >= 4 is 5.91 Å². The minimum absolute atomic E-state index is 0.312. The SMILES string of the molecule is CC(C)C1CN(C(=O)C2CCCCC2)C(C)CN1. The summed E-state index contributed by atoms with van der Waals surface area (Å²) in [7, 11) is 0. The molecule has 2 aliphatic rings. The van der Waals surface area contributed by atoms with Crippen molar-refractivity contribution in [2.24, 2.45) is 11.8 Å². The number of carbonyl (C=O) groups excluding carboxylic acids is 1. The van der Waals surface area contributed by atoms with E-state index in [4.69, 9.17) is 0 Å². The van der Waals surface area contributed by atoms with Gasteiger partial charge in [0.25, 0.3) is 0 Å². The number of carbonyl (C=O) groups is 1. The van der Waals surface area contributed by atoms with Crippen molar-refractivity contribution in [1.29, 1.82) is 0 Å². The van der Waals surface area contributed by atoms with Gasteiger partial charge in [-0.05, 0) is 25.7 Å². The summed E-state index contributed by atoms with van der Waals surface area (Å²) in [5.41, 5.74) is 0. The molecule has 2 atom stereocenters. The van der Waals surface area contributed by atoms with E-state index in [0.717, 1.165) is 25.9 Å². The second kappa shape index (κ2) is 6.05. The quantitative estimate of drug-likeness (QED) is 0.818. The molecule has 2 rings (SSSR count). The maximum absolute atomic E-state index is 12.6. The molecule has 1 saturated carbocycles. The van der Waals surface area contributed by atoms with E-state index in [9.17, 15) is 4.79 Å². The topological polar surface area (TPSA) is 32.3 Å². The molecule has 3 heteroatoms. The molecule has 1 N–H and O–H groups in total. The Morgan fingerprint density at radius 2 is 1.89 bits per heavy atom. The number of piperazine rings is 1. The maximum Gasteiger partial charge on any atom is 0.226 e. The van der Waals surface area contributed by atoms with Crippen LogP contribution in [-0.4, -0.2) is 36.0 Å². The number of hydrogen-bond acceptors (Lipinski definition) is 2. The van der Waals surface area contributed by atoms with Crippen LogP contribution in [0.3, 0.4) is 0 Å². The predicted molar refractivity (Wildman–Crippen MR) is 74.4 cm³/mol. The molecule has 0 aromatic carbocycles. The molecule has 1 aliphatic carbocycles. The normalized spacial score (nSPS) is 30.8. The van der Waals surface area contributed by atoms with Gasteiger partial charge in [0.1, 0.15) is 0 Å². The third kappa shape index (κ3) is 3.05. The molecule has 0 radical (unpaired) electrons. The second-order valence-electron chi connectivity index (χ2n) is 6.43. The first-order valence-electron chi connectivity index (χ1n) is 7.63. The Balaban J connectivity index is 1.98. The summed E-state index contributed by atoms with van der Waals surface area (Å²) in [6.45, 7) is 8.48. The van der Waals surface area contributed by atoms with Gasteiger partial charge in [0.05, 0.1) is 0 Å². The van der Waals surface area contributed by atoms with E-state index in [1.807, 2.05) is 0 Å². The van der Waals surface area contributed by atoms with E-state index < -0.39 is 0 Å². The van der Waals surface area contributed by atoms with Crippen molar-refractivity contribution in [3.05, 3.63) is 0 Å².